The number of alkyl halides is 2. The van der Waals surface area contributed by atoms with Gasteiger partial charge in [-0.25, -0.2) is 8.78 Å². The van der Waals surface area contributed by atoms with Crippen LogP contribution in [0, 0.1) is 3.70 Å². The van der Waals surface area contributed by atoms with Crippen molar-refractivity contribution in [2.45, 2.75) is 6.43 Å². The number of hydrogen-bond donors (Lipinski definition) is 2. The van der Waals surface area contributed by atoms with E-state index in [0.29, 0.717) is 6.07 Å². The average Bonchev–Trinajstić information content (AvgIpc) is 1.99. The average molecular weight is 287 g/mol. The van der Waals surface area contributed by atoms with Crippen molar-refractivity contribution in [2.24, 2.45) is 0 Å². The van der Waals surface area contributed by atoms with Gasteiger partial charge in [-0.1, -0.05) is 0 Å². The number of rotatable bonds is 1. The first-order chi connectivity index (χ1) is 5.52. The molecule has 3 nitrogen and oxygen atoms in total. The first-order valence-corrected chi connectivity index (χ1v) is 4.00. The van der Waals surface area contributed by atoms with Crippen LogP contribution in [-0.2, 0) is 0 Å². The highest BCUT2D eigenvalue weighted by atomic mass is 127. The fourth-order valence-electron chi connectivity index (χ4n) is 0.657. The molecule has 0 radical (unpaired) electrons. The van der Waals surface area contributed by atoms with Crippen molar-refractivity contribution in [2.75, 3.05) is 0 Å². The molecule has 1 heterocycles. The maximum absolute atomic E-state index is 12.0. The zero-order valence-electron chi connectivity index (χ0n) is 5.64. The van der Waals surface area contributed by atoms with E-state index in [1.54, 1.807) is 22.6 Å². The first-order valence-electron chi connectivity index (χ1n) is 2.92. The van der Waals surface area contributed by atoms with Gasteiger partial charge in [0.1, 0.15) is 3.70 Å². The maximum atomic E-state index is 12.0. The molecule has 0 spiro atoms. The molecule has 0 fully saturated rings. The van der Waals surface area contributed by atoms with E-state index in [2.05, 4.69) is 4.98 Å². The van der Waals surface area contributed by atoms with Crippen LogP contribution in [0.15, 0.2) is 10.9 Å². The van der Waals surface area contributed by atoms with Gasteiger partial charge in [-0.15, -0.1) is 0 Å². The van der Waals surface area contributed by atoms with Gasteiger partial charge in [0.05, 0.1) is 5.69 Å². The number of aromatic amines is 1. The van der Waals surface area contributed by atoms with Gasteiger partial charge in [-0.2, -0.15) is 0 Å². The van der Waals surface area contributed by atoms with Crippen molar-refractivity contribution < 1.29 is 13.9 Å². The molecule has 2 N–H and O–H groups in total. The molecule has 6 heteroatoms. The van der Waals surface area contributed by atoms with Gasteiger partial charge in [0.25, 0.3) is 6.43 Å². The van der Waals surface area contributed by atoms with E-state index in [1.807, 2.05) is 0 Å². The van der Waals surface area contributed by atoms with Crippen molar-refractivity contribution in [1.82, 2.24) is 4.98 Å². The zero-order chi connectivity index (χ0) is 9.30. The quantitative estimate of drug-likeness (QED) is 0.609. The van der Waals surface area contributed by atoms with Crippen LogP contribution >= 0.6 is 22.6 Å². The minimum Gasteiger partial charge on any atom is -0.502 e. The molecule has 0 unspecified atom stereocenters. The molecule has 0 amide bonds. The smallest absolute Gasteiger partial charge is 0.278 e. The molecule has 0 aliphatic heterocycles. The Morgan fingerprint density at radius 1 is 1.58 bits per heavy atom. The molecule has 0 bridgehead atoms. The van der Waals surface area contributed by atoms with E-state index in [-0.39, 0.29) is 3.70 Å². The minimum absolute atomic E-state index is 0.0235. The molecule has 0 atom stereocenters. The predicted molar refractivity (Wildman–Crippen MR) is 46.4 cm³/mol. The van der Waals surface area contributed by atoms with E-state index in [4.69, 9.17) is 5.11 Å². The van der Waals surface area contributed by atoms with E-state index in [1.165, 1.54) is 0 Å². The van der Waals surface area contributed by atoms with Gasteiger partial charge >= 0.3 is 0 Å². The molecule has 0 aliphatic carbocycles. The molecular weight excluding hydrogens is 283 g/mol. The Kier molecular flexibility index (Phi) is 2.65. The number of hydrogen-bond acceptors (Lipinski definition) is 2. The van der Waals surface area contributed by atoms with Crippen LogP contribution in [0.1, 0.15) is 12.1 Å². The standard InChI is InChI=1S/C6H4F2INO2/c7-5(8)2-1-3(11)4(12)6(9)10-2/h1,5,12H,(H,10,11). The lowest BCUT2D eigenvalue weighted by Crippen LogP contribution is -2.06. The third kappa shape index (κ3) is 1.74. The summed E-state index contributed by atoms with van der Waals surface area (Å²) in [6.07, 6.45) is -2.73. The summed E-state index contributed by atoms with van der Waals surface area (Å²) >= 11 is 1.57. The van der Waals surface area contributed by atoms with Crippen LogP contribution in [0.4, 0.5) is 8.78 Å². The lowest BCUT2D eigenvalue weighted by molar-refractivity contribution is 0.145. The Bertz CT molecular complexity index is 350. The Morgan fingerprint density at radius 2 is 2.17 bits per heavy atom. The van der Waals surface area contributed by atoms with Crippen LogP contribution < -0.4 is 5.43 Å². The molecule has 0 aliphatic rings. The summed E-state index contributed by atoms with van der Waals surface area (Å²) in [5.41, 5.74) is -1.28. The molecule has 12 heavy (non-hydrogen) atoms. The topological polar surface area (TPSA) is 53.1 Å². The predicted octanol–water partition coefficient (Wildman–Crippen LogP) is 1.62. The second kappa shape index (κ2) is 3.38. The summed E-state index contributed by atoms with van der Waals surface area (Å²) in [6, 6.07) is 0.683. The fourth-order valence-corrected chi connectivity index (χ4v) is 1.23. The number of pyridine rings is 1. The molecule has 0 aromatic carbocycles. The van der Waals surface area contributed by atoms with Crippen LogP contribution in [0.25, 0.3) is 0 Å². The van der Waals surface area contributed by atoms with E-state index in [9.17, 15) is 13.6 Å². The van der Waals surface area contributed by atoms with Gasteiger partial charge < -0.3 is 10.1 Å². The van der Waals surface area contributed by atoms with E-state index >= 15 is 0 Å². The van der Waals surface area contributed by atoms with Crippen LogP contribution in [-0.4, -0.2) is 10.1 Å². The number of H-pyrrole nitrogens is 1. The van der Waals surface area contributed by atoms with Gasteiger partial charge in [0, 0.05) is 6.07 Å². The normalized spacial score (nSPS) is 10.7. The van der Waals surface area contributed by atoms with E-state index in [0.717, 1.165) is 0 Å². The molecule has 1 aromatic rings. The molecule has 1 rings (SSSR count). The number of aromatic hydroxyl groups is 1. The van der Waals surface area contributed by atoms with Crippen LogP contribution in [0.3, 0.4) is 0 Å². The maximum Gasteiger partial charge on any atom is 0.278 e. The van der Waals surface area contributed by atoms with Crippen molar-refractivity contribution in [3.8, 4) is 5.75 Å². The highest BCUT2D eigenvalue weighted by Crippen LogP contribution is 2.18. The largest absolute Gasteiger partial charge is 0.502 e. The van der Waals surface area contributed by atoms with Gasteiger partial charge in [-0.05, 0) is 22.6 Å². The zero-order valence-corrected chi connectivity index (χ0v) is 7.80. The molecule has 66 valence electrons. The lowest BCUT2D eigenvalue weighted by atomic mass is 10.3. The summed E-state index contributed by atoms with van der Waals surface area (Å²) in [5, 5.41) is 8.92. The second-order valence-electron chi connectivity index (χ2n) is 2.05. The summed E-state index contributed by atoms with van der Waals surface area (Å²) < 4.78 is 24.0. The van der Waals surface area contributed by atoms with Crippen molar-refractivity contribution in [1.29, 1.82) is 0 Å². The van der Waals surface area contributed by atoms with Crippen molar-refractivity contribution in [3.05, 3.63) is 25.7 Å². The molecule has 0 saturated carbocycles. The number of aromatic nitrogens is 1. The van der Waals surface area contributed by atoms with Crippen LogP contribution in [0.5, 0.6) is 5.75 Å². The monoisotopic (exact) mass is 287 g/mol. The number of nitrogens with one attached hydrogen (secondary N) is 1. The van der Waals surface area contributed by atoms with Gasteiger partial charge in [0.15, 0.2) is 5.75 Å². The Balaban J connectivity index is 3.31. The summed E-state index contributed by atoms with van der Waals surface area (Å²) in [7, 11) is 0. The third-order valence-corrected chi connectivity index (χ3v) is 2.00. The Labute approximate surface area is 79.6 Å². The fraction of sp³-hybridized carbons (Fsp3) is 0.167. The van der Waals surface area contributed by atoms with E-state index < -0.39 is 23.3 Å². The SMILES string of the molecule is O=c1cc(C(F)F)[nH]c(I)c1O. The highest BCUT2D eigenvalue weighted by Gasteiger charge is 2.12. The lowest BCUT2D eigenvalue weighted by Gasteiger charge is -2.01. The Hall–Kier alpha value is -0.660. The second-order valence-corrected chi connectivity index (χ2v) is 3.13. The summed E-state index contributed by atoms with van der Waals surface area (Å²) in [6.45, 7) is 0. The molecular formula is C6H4F2INO2. The third-order valence-electron chi connectivity index (χ3n) is 1.22. The minimum atomic E-state index is -2.73. The molecule has 0 saturated heterocycles. The summed E-state index contributed by atoms with van der Waals surface area (Å²) in [4.78, 5) is 13.0. The van der Waals surface area contributed by atoms with Crippen LogP contribution in [0.2, 0.25) is 0 Å². The molecule has 1 aromatic heterocycles. The summed E-state index contributed by atoms with van der Waals surface area (Å²) in [5.74, 6) is -0.528. The Morgan fingerprint density at radius 3 is 2.58 bits per heavy atom. The first kappa shape index (κ1) is 9.43. The van der Waals surface area contributed by atoms with Gasteiger partial charge in [-0.3, -0.25) is 4.79 Å². The van der Waals surface area contributed by atoms with Crippen molar-refractivity contribution in [3.63, 3.8) is 0 Å². The number of halogens is 3. The highest BCUT2D eigenvalue weighted by molar-refractivity contribution is 14.1. The van der Waals surface area contributed by atoms with Crippen molar-refractivity contribution >= 4 is 22.6 Å². The van der Waals surface area contributed by atoms with Gasteiger partial charge in [0.2, 0.25) is 5.43 Å².